The molecule has 4 N–H and O–H groups in total. The third-order valence-corrected chi connectivity index (χ3v) is 8.13. The Balaban J connectivity index is 2.06. The Morgan fingerprint density at radius 2 is 1.43 bits per heavy atom. The molecule has 2 aromatic rings. The number of para-hydroxylation sites is 1. The molecule has 1 heterocycles. The summed E-state index contributed by atoms with van der Waals surface area (Å²) in [4.78, 5) is 71.6. The number of fused-ring (bicyclic) bond motifs is 1. The zero-order valence-corrected chi connectivity index (χ0v) is 30.2. The maximum atomic E-state index is 14.3. The number of rotatable bonds is 14. The summed E-state index contributed by atoms with van der Waals surface area (Å²) in [6.45, 7) is 7.27. The predicted octanol–water partition coefficient (Wildman–Crippen LogP) is 5.77. The van der Waals surface area contributed by atoms with Gasteiger partial charge >= 0.3 is 24.4 Å². The fourth-order valence-electron chi connectivity index (χ4n) is 5.57. The molecule has 0 spiro atoms. The van der Waals surface area contributed by atoms with Gasteiger partial charge < -0.3 is 25.8 Å². The van der Waals surface area contributed by atoms with Crippen molar-refractivity contribution in [2.24, 2.45) is 28.5 Å². The van der Waals surface area contributed by atoms with Crippen molar-refractivity contribution in [3.63, 3.8) is 0 Å². The Morgan fingerprint density at radius 3 is 1.96 bits per heavy atom. The van der Waals surface area contributed by atoms with Crippen LogP contribution in [0.15, 0.2) is 59.6 Å². The van der Waals surface area contributed by atoms with Crippen molar-refractivity contribution >= 4 is 41.2 Å². The molecule has 0 saturated carbocycles. The molecular weight excluding hydrogens is 728 g/mol. The molecule has 1 aliphatic rings. The minimum Gasteiger partial charge on any atom is -0.444 e. The Hall–Kier alpha value is -5.16. The van der Waals surface area contributed by atoms with Crippen LogP contribution in [0, 0.1) is 17.8 Å². The lowest BCUT2D eigenvalue weighted by atomic mass is 9.83. The number of nitrogens with two attached hydrogens (primary N) is 1. The molecule has 3 rings (SSSR count). The van der Waals surface area contributed by atoms with Crippen molar-refractivity contribution < 1.29 is 59.8 Å². The molecule has 0 bridgehead atoms. The number of benzodiazepines with no additional fused rings is 1. The van der Waals surface area contributed by atoms with Gasteiger partial charge in [0.15, 0.2) is 6.73 Å². The van der Waals surface area contributed by atoms with Crippen molar-refractivity contribution in [1.29, 1.82) is 0 Å². The number of carbonyl (C=O) groups excluding carboxylic acids is 5. The highest BCUT2D eigenvalue weighted by atomic mass is 19.4. The fraction of sp³-hybridized carbons (Fsp3) is 0.500. The normalized spacial score (nSPS) is 16.7. The zero-order chi connectivity index (χ0) is 40.6. The molecule has 0 saturated heterocycles. The SMILES string of the molecule is CC(C)C(NC(=O)OC(C)(C)C)C(=O)OCN1C(=O)C(NC(=O)[C@H](CCC(F)(F)F)[C@H](CCC(F)(F)F)C(N)=O)N=C(c2ccccc2)c2ccccc21. The lowest BCUT2D eigenvalue weighted by Gasteiger charge is -2.29. The van der Waals surface area contributed by atoms with Crippen LogP contribution in [0.1, 0.15) is 71.4 Å². The Morgan fingerprint density at radius 1 is 0.870 bits per heavy atom. The van der Waals surface area contributed by atoms with Gasteiger partial charge in [0.25, 0.3) is 5.91 Å². The van der Waals surface area contributed by atoms with Crippen LogP contribution < -0.4 is 21.3 Å². The Labute approximate surface area is 307 Å². The number of esters is 1. The molecule has 2 aromatic carbocycles. The number of hydrogen-bond donors (Lipinski definition) is 3. The summed E-state index contributed by atoms with van der Waals surface area (Å²) in [5.41, 5.74) is 5.39. The number of alkyl carbamates (subject to hydrolysis) is 1. The number of alkyl halides is 6. The van der Waals surface area contributed by atoms with E-state index in [-0.39, 0.29) is 11.4 Å². The topological polar surface area (TPSA) is 169 Å². The quantitative estimate of drug-likeness (QED) is 0.162. The third kappa shape index (κ3) is 12.8. The van der Waals surface area contributed by atoms with E-state index < -0.39 is 110 Å². The lowest BCUT2D eigenvalue weighted by Crippen LogP contribution is -2.52. The molecule has 4 amide bonds. The minimum atomic E-state index is -4.87. The highest BCUT2D eigenvalue weighted by molar-refractivity contribution is 6.20. The largest absolute Gasteiger partial charge is 0.444 e. The number of anilines is 1. The number of carbonyl (C=O) groups is 5. The molecule has 1 aliphatic heterocycles. The van der Waals surface area contributed by atoms with E-state index >= 15 is 0 Å². The summed E-state index contributed by atoms with van der Waals surface area (Å²) in [6.07, 6.45) is -18.1. The Bertz CT molecular complexity index is 1690. The summed E-state index contributed by atoms with van der Waals surface area (Å²) in [7, 11) is 0. The van der Waals surface area contributed by atoms with Gasteiger partial charge in [0, 0.05) is 35.8 Å². The maximum absolute atomic E-state index is 14.3. The van der Waals surface area contributed by atoms with Crippen molar-refractivity contribution in [2.75, 3.05) is 11.6 Å². The fourth-order valence-corrected chi connectivity index (χ4v) is 5.57. The van der Waals surface area contributed by atoms with E-state index in [0.717, 1.165) is 4.90 Å². The van der Waals surface area contributed by atoms with E-state index in [1.807, 2.05) is 0 Å². The molecule has 0 aliphatic carbocycles. The molecule has 2 unspecified atom stereocenters. The lowest BCUT2D eigenvalue weighted by molar-refractivity contribution is -0.152. The van der Waals surface area contributed by atoms with Crippen LogP contribution in [0.5, 0.6) is 0 Å². The van der Waals surface area contributed by atoms with E-state index in [4.69, 9.17) is 15.2 Å². The van der Waals surface area contributed by atoms with Crippen molar-refractivity contribution in [1.82, 2.24) is 10.6 Å². The van der Waals surface area contributed by atoms with Crippen LogP contribution in [0.4, 0.5) is 36.8 Å². The molecule has 0 radical (unpaired) electrons. The van der Waals surface area contributed by atoms with Crippen LogP contribution in [0.3, 0.4) is 0 Å². The smallest absolute Gasteiger partial charge is 0.408 e. The summed E-state index contributed by atoms with van der Waals surface area (Å²) in [5, 5.41) is 4.66. The molecule has 0 aromatic heterocycles. The van der Waals surface area contributed by atoms with E-state index in [0.29, 0.717) is 11.1 Å². The van der Waals surface area contributed by atoms with Crippen molar-refractivity contribution in [3.05, 3.63) is 65.7 Å². The van der Waals surface area contributed by atoms with Gasteiger partial charge in [-0.3, -0.25) is 19.3 Å². The van der Waals surface area contributed by atoms with Crippen LogP contribution >= 0.6 is 0 Å². The average Bonchev–Trinajstić information content (AvgIpc) is 3.16. The highest BCUT2D eigenvalue weighted by Gasteiger charge is 2.42. The summed E-state index contributed by atoms with van der Waals surface area (Å²) in [6, 6.07) is 13.2. The van der Waals surface area contributed by atoms with Gasteiger partial charge in [-0.1, -0.05) is 62.4 Å². The summed E-state index contributed by atoms with van der Waals surface area (Å²) >= 11 is 0. The first-order chi connectivity index (χ1) is 25.0. The minimum absolute atomic E-state index is 0.112. The van der Waals surface area contributed by atoms with Gasteiger partial charge in [0.2, 0.25) is 18.0 Å². The second kappa shape index (κ2) is 17.8. The van der Waals surface area contributed by atoms with E-state index in [1.165, 1.54) is 6.07 Å². The zero-order valence-electron chi connectivity index (χ0n) is 30.2. The second-order valence-corrected chi connectivity index (χ2v) is 13.9. The number of hydrogen-bond acceptors (Lipinski definition) is 8. The summed E-state index contributed by atoms with van der Waals surface area (Å²) in [5.74, 6) is -9.43. The van der Waals surface area contributed by atoms with Gasteiger partial charge in [-0.05, 0) is 45.6 Å². The van der Waals surface area contributed by atoms with E-state index in [1.54, 1.807) is 83.1 Å². The number of primary amides is 1. The molecule has 0 fully saturated rings. The van der Waals surface area contributed by atoms with Gasteiger partial charge in [-0.25, -0.2) is 14.6 Å². The molecule has 4 atom stereocenters. The standard InChI is InChI=1S/C36H43F6N5O7/c1-20(2)26(45-33(52)54-34(3,4)5)32(51)53-19-47-25-14-10-9-13-24(25)27(21-11-7-6-8-12-21)44-29(31(47)50)46-30(49)23(16-18-36(40,41)42)22(28(43)48)15-17-35(37,38)39/h6-14,20,22-23,26,29H,15-19H2,1-5H3,(H2,43,48)(H,45,52)(H,46,49)/t22-,23+,26?,29?/m0/s1. The van der Waals surface area contributed by atoms with Crippen LogP contribution in [0.2, 0.25) is 0 Å². The number of nitrogens with one attached hydrogen (secondary N) is 2. The van der Waals surface area contributed by atoms with Gasteiger partial charge in [-0.2, -0.15) is 26.3 Å². The van der Waals surface area contributed by atoms with Gasteiger partial charge in [0.05, 0.1) is 11.4 Å². The first-order valence-electron chi connectivity index (χ1n) is 16.9. The highest BCUT2D eigenvalue weighted by Crippen LogP contribution is 2.34. The summed E-state index contributed by atoms with van der Waals surface area (Å²) < 4.78 is 90.3. The average molecular weight is 772 g/mol. The number of benzene rings is 2. The second-order valence-electron chi connectivity index (χ2n) is 13.9. The number of amides is 4. The molecule has 18 heteroatoms. The van der Waals surface area contributed by atoms with Crippen molar-refractivity contribution in [3.8, 4) is 0 Å². The number of nitrogens with zero attached hydrogens (tertiary/aromatic N) is 2. The first-order valence-corrected chi connectivity index (χ1v) is 16.9. The maximum Gasteiger partial charge on any atom is 0.408 e. The predicted molar refractivity (Wildman–Crippen MR) is 184 cm³/mol. The molecular formula is C36H43F6N5O7. The number of ether oxygens (including phenoxy) is 2. The number of aliphatic imine (C=N–C) groups is 1. The van der Waals surface area contributed by atoms with Crippen LogP contribution in [-0.2, 0) is 28.7 Å². The molecule has 54 heavy (non-hydrogen) atoms. The molecule has 296 valence electrons. The van der Waals surface area contributed by atoms with Crippen LogP contribution in [-0.4, -0.2) is 72.4 Å². The van der Waals surface area contributed by atoms with Gasteiger partial charge in [-0.15, -0.1) is 0 Å². The van der Waals surface area contributed by atoms with E-state index in [9.17, 15) is 50.3 Å². The van der Waals surface area contributed by atoms with Crippen molar-refractivity contribution in [2.45, 2.75) is 90.5 Å². The molecule has 12 nitrogen and oxygen atoms in total. The number of halogens is 6. The monoisotopic (exact) mass is 771 g/mol. The first kappa shape index (κ1) is 43.2. The van der Waals surface area contributed by atoms with Crippen LogP contribution in [0.25, 0.3) is 0 Å². The third-order valence-electron chi connectivity index (χ3n) is 8.13. The Kier molecular flexibility index (Phi) is 14.2. The van der Waals surface area contributed by atoms with Gasteiger partial charge in [0.1, 0.15) is 11.6 Å². The van der Waals surface area contributed by atoms with E-state index in [2.05, 4.69) is 15.6 Å².